The summed E-state index contributed by atoms with van der Waals surface area (Å²) in [4.78, 5) is 21.8. The van der Waals surface area contributed by atoms with E-state index in [1.54, 1.807) is 24.3 Å². The average molecular weight is 281 g/mol. The molecule has 1 aromatic carbocycles. The van der Waals surface area contributed by atoms with Crippen molar-refractivity contribution < 1.29 is 24.6 Å². The summed E-state index contributed by atoms with van der Waals surface area (Å²) in [5.74, 6) is 0.0315. The Kier molecular flexibility index (Phi) is 5.82. The van der Waals surface area contributed by atoms with Crippen molar-refractivity contribution in [2.24, 2.45) is 5.16 Å². The fraction of sp³-hybridized carbons (Fsp3) is 0.250. The predicted molar refractivity (Wildman–Crippen MR) is 70.1 cm³/mol. The van der Waals surface area contributed by atoms with E-state index in [1.807, 2.05) is 0 Å². The number of oxime groups is 1. The first-order chi connectivity index (χ1) is 9.56. The number of hydrogen-bond donors (Lipinski definition) is 4. The molecule has 1 aromatic rings. The van der Waals surface area contributed by atoms with Gasteiger partial charge in [0.15, 0.2) is 5.84 Å². The Morgan fingerprint density at radius 3 is 2.75 bits per heavy atom. The quantitative estimate of drug-likeness (QED) is 0.273. The lowest BCUT2D eigenvalue weighted by atomic mass is 10.2. The third-order valence-corrected chi connectivity index (χ3v) is 2.33. The summed E-state index contributed by atoms with van der Waals surface area (Å²) >= 11 is 0. The van der Waals surface area contributed by atoms with Crippen molar-refractivity contribution in [3.63, 3.8) is 0 Å². The van der Waals surface area contributed by atoms with E-state index in [0.717, 1.165) is 0 Å². The monoisotopic (exact) mass is 281 g/mol. The van der Waals surface area contributed by atoms with Crippen molar-refractivity contribution >= 4 is 17.8 Å². The van der Waals surface area contributed by atoms with Crippen LogP contribution >= 0.6 is 0 Å². The van der Waals surface area contributed by atoms with Crippen molar-refractivity contribution in [1.29, 1.82) is 0 Å². The van der Waals surface area contributed by atoms with E-state index < -0.39 is 12.0 Å². The SMILES string of the molecule is COc1cccc(C(=NO)NC(=O)CCNC(=O)O)c1. The highest BCUT2D eigenvalue weighted by Crippen LogP contribution is 2.12. The molecule has 0 aromatic heterocycles. The summed E-state index contributed by atoms with van der Waals surface area (Å²) in [5.41, 5.74) is 0.464. The molecule has 8 heteroatoms. The van der Waals surface area contributed by atoms with Gasteiger partial charge in [-0.3, -0.25) is 4.79 Å². The van der Waals surface area contributed by atoms with Crippen LogP contribution < -0.4 is 15.4 Å². The molecule has 0 heterocycles. The number of carbonyl (C=O) groups excluding carboxylic acids is 1. The zero-order valence-corrected chi connectivity index (χ0v) is 10.8. The van der Waals surface area contributed by atoms with Crippen LogP contribution in [0.25, 0.3) is 0 Å². The van der Waals surface area contributed by atoms with Gasteiger partial charge in [0, 0.05) is 18.5 Å². The van der Waals surface area contributed by atoms with Gasteiger partial charge in [-0.1, -0.05) is 17.3 Å². The molecule has 0 fully saturated rings. The van der Waals surface area contributed by atoms with Gasteiger partial charge in [0.2, 0.25) is 5.91 Å². The fourth-order valence-electron chi connectivity index (χ4n) is 1.40. The molecule has 0 spiro atoms. The first-order valence-corrected chi connectivity index (χ1v) is 5.70. The summed E-state index contributed by atoms with van der Waals surface area (Å²) in [6.07, 6.45) is -1.28. The molecular formula is C12H15N3O5. The van der Waals surface area contributed by atoms with Gasteiger partial charge in [-0.25, -0.2) is 4.79 Å². The minimum atomic E-state index is -1.21. The summed E-state index contributed by atoms with van der Waals surface area (Å²) in [6, 6.07) is 6.60. The zero-order chi connectivity index (χ0) is 15.0. The van der Waals surface area contributed by atoms with Crippen molar-refractivity contribution in [2.45, 2.75) is 6.42 Å². The van der Waals surface area contributed by atoms with E-state index in [0.29, 0.717) is 11.3 Å². The second kappa shape index (κ2) is 7.62. The Hall–Kier alpha value is -2.77. The number of carboxylic acid groups (broad SMARTS) is 1. The molecule has 0 aliphatic carbocycles. The average Bonchev–Trinajstić information content (AvgIpc) is 2.44. The van der Waals surface area contributed by atoms with Gasteiger partial charge in [-0.2, -0.15) is 0 Å². The molecular weight excluding hydrogens is 266 g/mol. The van der Waals surface area contributed by atoms with E-state index >= 15 is 0 Å². The van der Waals surface area contributed by atoms with E-state index in [-0.39, 0.29) is 18.8 Å². The molecule has 4 N–H and O–H groups in total. The third-order valence-electron chi connectivity index (χ3n) is 2.33. The number of nitrogens with one attached hydrogen (secondary N) is 2. The van der Waals surface area contributed by atoms with E-state index in [1.165, 1.54) is 7.11 Å². The Balaban J connectivity index is 2.63. The van der Waals surface area contributed by atoms with Crippen LogP contribution in [0, 0.1) is 0 Å². The molecule has 20 heavy (non-hydrogen) atoms. The number of nitrogens with zero attached hydrogens (tertiary/aromatic N) is 1. The van der Waals surface area contributed by atoms with Crippen molar-refractivity contribution in [1.82, 2.24) is 10.6 Å². The number of hydrogen-bond acceptors (Lipinski definition) is 5. The van der Waals surface area contributed by atoms with Crippen LogP contribution in [0.4, 0.5) is 4.79 Å². The third kappa shape index (κ3) is 4.84. The van der Waals surface area contributed by atoms with Gasteiger partial charge in [0.25, 0.3) is 0 Å². The Bertz CT molecular complexity index is 516. The van der Waals surface area contributed by atoms with Gasteiger partial charge >= 0.3 is 6.09 Å². The van der Waals surface area contributed by atoms with Gasteiger partial charge in [-0.15, -0.1) is 0 Å². The van der Waals surface area contributed by atoms with Gasteiger partial charge in [0.05, 0.1) is 7.11 Å². The topological polar surface area (TPSA) is 120 Å². The highest BCUT2D eigenvalue weighted by Gasteiger charge is 2.10. The van der Waals surface area contributed by atoms with Gasteiger partial charge in [-0.05, 0) is 12.1 Å². The molecule has 0 aliphatic heterocycles. The molecule has 0 bridgehead atoms. The fourth-order valence-corrected chi connectivity index (χ4v) is 1.40. The molecule has 0 aliphatic rings. The van der Waals surface area contributed by atoms with Crippen molar-refractivity contribution in [3.05, 3.63) is 29.8 Å². The lowest BCUT2D eigenvalue weighted by Crippen LogP contribution is -2.34. The minimum absolute atomic E-state index is 0.0298. The standard InChI is InChI=1S/C12H15N3O5/c1-20-9-4-2-3-8(7-9)11(15-19)14-10(16)5-6-13-12(17)18/h2-4,7,13,19H,5-6H2,1H3,(H,17,18)(H,14,15,16). The molecule has 0 radical (unpaired) electrons. The normalized spacial score (nSPS) is 10.8. The van der Waals surface area contributed by atoms with Crippen LogP contribution in [0.1, 0.15) is 12.0 Å². The van der Waals surface area contributed by atoms with Crippen molar-refractivity contribution in [2.75, 3.05) is 13.7 Å². The number of methoxy groups -OCH3 is 1. The van der Waals surface area contributed by atoms with Crippen molar-refractivity contribution in [3.8, 4) is 5.75 Å². The Morgan fingerprint density at radius 2 is 2.15 bits per heavy atom. The second-order valence-electron chi connectivity index (χ2n) is 3.71. The largest absolute Gasteiger partial charge is 0.497 e. The highest BCUT2D eigenvalue weighted by atomic mass is 16.5. The lowest BCUT2D eigenvalue weighted by Gasteiger charge is -2.08. The summed E-state index contributed by atoms with van der Waals surface area (Å²) < 4.78 is 5.02. The molecule has 0 unspecified atom stereocenters. The maximum absolute atomic E-state index is 11.6. The molecule has 0 saturated carbocycles. The summed E-state index contributed by atoms with van der Waals surface area (Å²) in [6.45, 7) is -0.0298. The van der Waals surface area contributed by atoms with Gasteiger partial charge < -0.3 is 25.7 Å². The van der Waals surface area contributed by atoms with Crippen LogP contribution in [0.5, 0.6) is 5.75 Å². The predicted octanol–water partition coefficient (Wildman–Crippen LogP) is 0.605. The number of rotatable bonds is 5. The number of amidine groups is 1. The highest BCUT2D eigenvalue weighted by molar-refractivity contribution is 6.07. The van der Waals surface area contributed by atoms with Gasteiger partial charge in [0.1, 0.15) is 5.75 Å². The number of ether oxygens (including phenoxy) is 1. The maximum atomic E-state index is 11.6. The molecule has 0 saturated heterocycles. The smallest absolute Gasteiger partial charge is 0.404 e. The summed E-state index contributed by atoms with van der Waals surface area (Å²) in [7, 11) is 1.49. The van der Waals surface area contributed by atoms with E-state index in [9.17, 15) is 9.59 Å². The minimum Gasteiger partial charge on any atom is -0.497 e. The lowest BCUT2D eigenvalue weighted by molar-refractivity contribution is -0.119. The number of benzene rings is 1. The molecule has 0 atom stereocenters. The zero-order valence-electron chi connectivity index (χ0n) is 10.8. The maximum Gasteiger partial charge on any atom is 0.404 e. The van der Waals surface area contributed by atoms with Crippen LogP contribution in [0.3, 0.4) is 0 Å². The Labute approximate surface area is 115 Å². The second-order valence-corrected chi connectivity index (χ2v) is 3.71. The first kappa shape index (κ1) is 15.3. The molecule has 2 amide bonds. The molecule has 108 valence electrons. The van der Waals surface area contributed by atoms with Crippen LogP contribution in [0.15, 0.2) is 29.4 Å². The number of carbonyl (C=O) groups is 2. The Morgan fingerprint density at radius 1 is 1.40 bits per heavy atom. The summed E-state index contributed by atoms with van der Waals surface area (Å²) in [5, 5.41) is 24.7. The number of amides is 2. The van der Waals surface area contributed by atoms with Crippen LogP contribution in [-0.2, 0) is 4.79 Å². The van der Waals surface area contributed by atoms with E-state index in [4.69, 9.17) is 15.1 Å². The van der Waals surface area contributed by atoms with Crippen LogP contribution in [-0.4, -0.2) is 41.8 Å². The van der Waals surface area contributed by atoms with E-state index in [2.05, 4.69) is 15.8 Å². The first-order valence-electron chi connectivity index (χ1n) is 5.70. The van der Waals surface area contributed by atoms with Crippen LogP contribution in [0.2, 0.25) is 0 Å². The molecule has 8 nitrogen and oxygen atoms in total. The molecule has 1 rings (SSSR count).